The summed E-state index contributed by atoms with van der Waals surface area (Å²) < 4.78 is 37.3. The van der Waals surface area contributed by atoms with E-state index >= 15 is 0 Å². The van der Waals surface area contributed by atoms with Gasteiger partial charge in [0.25, 0.3) is 0 Å². The van der Waals surface area contributed by atoms with E-state index in [0.717, 1.165) is 45.1 Å². The molecule has 0 bridgehead atoms. The highest BCUT2D eigenvalue weighted by molar-refractivity contribution is 5.11. The van der Waals surface area contributed by atoms with Crippen LogP contribution in [-0.2, 0) is 12.7 Å². The number of nitrogens with zero attached hydrogens (tertiary/aromatic N) is 2. The van der Waals surface area contributed by atoms with Crippen LogP contribution in [0, 0.1) is 5.92 Å². The Morgan fingerprint density at radius 3 is 2.65 bits per heavy atom. The number of aromatic nitrogens is 2. The van der Waals surface area contributed by atoms with Crippen molar-refractivity contribution in [3.05, 3.63) is 17.5 Å². The van der Waals surface area contributed by atoms with Crippen LogP contribution in [0.5, 0.6) is 0 Å². The predicted octanol–water partition coefficient (Wildman–Crippen LogP) is 2.25. The molecular weight excluding hydrogens is 269 g/mol. The first-order valence-electron chi connectivity index (χ1n) is 7.03. The Kier molecular flexibility index (Phi) is 5.04. The number of alkyl halides is 3. The lowest BCUT2D eigenvalue weighted by Gasteiger charge is -2.31. The lowest BCUT2D eigenvalue weighted by atomic mass is 9.96. The first kappa shape index (κ1) is 15.3. The summed E-state index contributed by atoms with van der Waals surface area (Å²) in [6.07, 6.45) is -2.19. The van der Waals surface area contributed by atoms with Crippen molar-refractivity contribution >= 4 is 0 Å². The highest BCUT2D eigenvalue weighted by atomic mass is 19.4. The van der Waals surface area contributed by atoms with Gasteiger partial charge in [0.2, 0.25) is 0 Å². The molecular formula is C13H21F3N4. The van der Waals surface area contributed by atoms with Gasteiger partial charge < -0.3 is 5.32 Å². The van der Waals surface area contributed by atoms with Crippen LogP contribution in [-0.4, -0.2) is 41.3 Å². The summed E-state index contributed by atoms with van der Waals surface area (Å²) >= 11 is 0. The SMILES string of the molecule is CCNCC1CCN(Cc2cc(C(F)(F)F)n[nH]2)CC1. The van der Waals surface area contributed by atoms with Crippen molar-refractivity contribution in [1.82, 2.24) is 20.4 Å². The maximum atomic E-state index is 12.4. The summed E-state index contributed by atoms with van der Waals surface area (Å²) in [6, 6.07) is 1.10. The molecule has 0 saturated carbocycles. The van der Waals surface area contributed by atoms with Gasteiger partial charge >= 0.3 is 6.18 Å². The summed E-state index contributed by atoms with van der Waals surface area (Å²) in [5.41, 5.74) is -0.308. The van der Waals surface area contributed by atoms with Crippen LogP contribution < -0.4 is 5.32 Å². The number of aromatic amines is 1. The number of rotatable bonds is 5. The van der Waals surface area contributed by atoms with Crippen LogP contribution in [0.3, 0.4) is 0 Å². The Bertz CT molecular complexity index is 408. The molecule has 0 radical (unpaired) electrons. The van der Waals surface area contributed by atoms with Gasteiger partial charge in [-0.1, -0.05) is 6.92 Å². The van der Waals surface area contributed by atoms with E-state index in [1.165, 1.54) is 0 Å². The van der Waals surface area contributed by atoms with Gasteiger partial charge in [0.05, 0.1) is 0 Å². The van der Waals surface area contributed by atoms with Crippen LogP contribution >= 0.6 is 0 Å². The first-order valence-corrected chi connectivity index (χ1v) is 7.03. The Balaban J connectivity index is 1.79. The van der Waals surface area contributed by atoms with E-state index in [-0.39, 0.29) is 0 Å². The van der Waals surface area contributed by atoms with Crippen LogP contribution in [0.25, 0.3) is 0 Å². The zero-order valence-corrected chi connectivity index (χ0v) is 11.6. The van der Waals surface area contributed by atoms with Crippen molar-refractivity contribution in [3.63, 3.8) is 0 Å². The van der Waals surface area contributed by atoms with Gasteiger partial charge in [-0.05, 0) is 51.0 Å². The van der Waals surface area contributed by atoms with Crippen molar-refractivity contribution in [2.24, 2.45) is 5.92 Å². The molecule has 1 aromatic heterocycles. The lowest BCUT2D eigenvalue weighted by Crippen LogP contribution is -2.36. The molecule has 1 aliphatic rings. The second-order valence-corrected chi connectivity index (χ2v) is 5.30. The van der Waals surface area contributed by atoms with Gasteiger partial charge in [-0.3, -0.25) is 10.00 Å². The number of halogens is 3. The van der Waals surface area contributed by atoms with Crippen molar-refractivity contribution in [2.75, 3.05) is 26.2 Å². The van der Waals surface area contributed by atoms with E-state index in [4.69, 9.17) is 0 Å². The van der Waals surface area contributed by atoms with E-state index in [1.807, 2.05) is 0 Å². The highest BCUT2D eigenvalue weighted by Gasteiger charge is 2.34. The zero-order chi connectivity index (χ0) is 14.6. The van der Waals surface area contributed by atoms with Crippen molar-refractivity contribution in [3.8, 4) is 0 Å². The highest BCUT2D eigenvalue weighted by Crippen LogP contribution is 2.28. The van der Waals surface area contributed by atoms with Crippen molar-refractivity contribution in [2.45, 2.75) is 32.5 Å². The third-order valence-electron chi connectivity index (χ3n) is 3.71. The fourth-order valence-corrected chi connectivity index (χ4v) is 2.53. The number of nitrogens with one attached hydrogen (secondary N) is 2. The number of hydrogen-bond donors (Lipinski definition) is 2. The van der Waals surface area contributed by atoms with Gasteiger partial charge in [0.15, 0.2) is 5.69 Å². The van der Waals surface area contributed by atoms with E-state index < -0.39 is 11.9 Å². The summed E-state index contributed by atoms with van der Waals surface area (Å²) in [7, 11) is 0. The molecule has 2 rings (SSSR count). The summed E-state index contributed by atoms with van der Waals surface area (Å²) in [4.78, 5) is 2.18. The molecule has 114 valence electrons. The molecule has 0 aliphatic carbocycles. The molecule has 0 aromatic carbocycles. The van der Waals surface area contributed by atoms with E-state index in [1.54, 1.807) is 0 Å². The molecule has 2 heterocycles. The molecule has 0 atom stereocenters. The normalized spacial score (nSPS) is 18.6. The van der Waals surface area contributed by atoms with E-state index in [2.05, 4.69) is 27.3 Å². The number of hydrogen-bond acceptors (Lipinski definition) is 3. The predicted molar refractivity (Wildman–Crippen MR) is 70.1 cm³/mol. The molecule has 0 unspecified atom stereocenters. The van der Waals surface area contributed by atoms with Gasteiger partial charge in [0.1, 0.15) is 0 Å². The van der Waals surface area contributed by atoms with Crippen LogP contribution in [0.4, 0.5) is 13.2 Å². The molecule has 1 fully saturated rings. The molecule has 20 heavy (non-hydrogen) atoms. The first-order chi connectivity index (χ1) is 9.49. The van der Waals surface area contributed by atoms with Gasteiger partial charge in [-0.15, -0.1) is 0 Å². The maximum Gasteiger partial charge on any atom is 0.435 e. The molecule has 0 spiro atoms. The number of piperidine rings is 1. The van der Waals surface area contributed by atoms with E-state index in [0.29, 0.717) is 18.2 Å². The Morgan fingerprint density at radius 1 is 1.40 bits per heavy atom. The molecule has 1 aliphatic heterocycles. The second-order valence-electron chi connectivity index (χ2n) is 5.30. The standard InChI is InChI=1S/C13H21F3N4/c1-2-17-8-10-3-5-20(6-4-10)9-11-7-12(19-18-11)13(14,15)16/h7,10,17H,2-6,8-9H2,1H3,(H,18,19). The number of H-pyrrole nitrogens is 1. The third-order valence-corrected chi connectivity index (χ3v) is 3.71. The van der Waals surface area contributed by atoms with Crippen molar-refractivity contribution < 1.29 is 13.2 Å². The largest absolute Gasteiger partial charge is 0.435 e. The zero-order valence-electron chi connectivity index (χ0n) is 11.6. The lowest BCUT2D eigenvalue weighted by molar-refractivity contribution is -0.141. The summed E-state index contributed by atoms with van der Waals surface area (Å²) in [6.45, 7) is 6.47. The topological polar surface area (TPSA) is 44.0 Å². The average Bonchev–Trinajstić information content (AvgIpc) is 2.86. The fraction of sp³-hybridized carbons (Fsp3) is 0.769. The third kappa shape index (κ3) is 4.21. The summed E-state index contributed by atoms with van der Waals surface area (Å²) in [5, 5.41) is 9.15. The minimum atomic E-state index is -4.37. The number of likely N-dealkylation sites (tertiary alicyclic amines) is 1. The maximum absolute atomic E-state index is 12.4. The molecule has 1 aromatic rings. The smallest absolute Gasteiger partial charge is 0.317 e. The molecule has 1 saturated heterocycles. The second kappa shape index (κ2) is 6.58. The molecule has 4 nitrogen and oxygen atoms in total. The minimum absolute atomic E-state index is 0.511. The van der Waals surface area contributed by atoms with Gasteiger partial charge in [-0.25, -0.2) is 0 Å². The van der Waals surface area contributed by atoms with Gasteiger partial charge in [-0.2, -0.15) is 18.3 Å². The Labute approximate surface area is 116 Å². The quantitative estimate of drug-likeness (QED) is 0.874. The van der Waals surface area contributed by atoms with Crippen LogP contribution in [0.15, 0.2) is 6.07 Å². The Hall–Kier alpha value is -1.08. The van der Waals surface area contributed by atoms with Crippen LogP contribution in [0.1, 0.15) is 31.2 Å². The molecule has 0 amide bonds. The Morgan fingerprint density at radius 2 is 2.10 bits per heavy atom. The van der Waals surface area contributed by atoms with Gasteiger partial charge in [0, 0.05) is 12.2 Å². The molecule has 7 heteroatoms. The minimum Gasteiger partial charge on any atom is -0.317 e. The molecule has 2 N–H and O–H groups in total. The van der Waals surface area contributed by atoms with Crippen LogP contribution in [0.2, 0.25) is 0 Å². The fourth-order valence-electron chi connectivity index (χ4n) is 2.53. The van der Waals surface area contributed by atoms with E-state index in [9.17, 15) is 13.2 Å². The summed E-state index contributed by atoms with van der Waals surface area (Å²) in [5.74, 6) is 0.679. The average molecular weight is 290 g/mol. The monoisotopic (exact) mass is 290 g/mol. The van der Waals surface area contributed by atoms with Crippen molar-refractivity contribution in [1.29, 1.82) is 0 Å².